The van der Waals surface area contributed by atoms with Crippen LogP contribution in [-0.2, 0) is 11.1 Å². The minimum atomic E-state index is -1.90. The summed E-state index contributed by atoms with van der Waals surface area (Å²) < 4.78 is 19.7. The Kier molecular flexibility index (Phi) is 5.73. The molecule has 2 aromatic rings. The van der Waals surface area contributed by atoms with Crippen LogP contribution in [0, 0.1) is 0 Å². The Labute approximate surface area is 128 Å². The van der Waals surface area contributed by atoms with Crippen molar-refractivity contribution in [2.24, 2.45) is 0 Å². The number of thiophene rings is 1. The second-order valence-corrected chi connectivity index (χ2v) is 5.28. The molecule has 0 saturated heterocycles. The summed E-state index contributed by atoms with van der Waals surface area (Å²) in [6.07, 6.45) is 0. The van der Waals surface area contributed by atoms with Crippen molar-refractivity contribution in [2.45, 2.75) is 9.79 Å². The molecule has 0 amide bonds. The van der Waals surface area contributed by atoms with E-state index < -0.39 is 11.1 Å². The third-order valence-electron chi connectivity index (χ3n) is 1.95. The van der Waals surface area contributed by atoms with E-state index in [2.05, 4.69) is 12.6 Å². The molecule has 0 aliphatic rings. The number of benzene rings is 1. The standard InChI is InChI=1S/C10H8O2S3.Na.H/c11-15(12)7-5-10(14-6-7)8-3-1-2-4-9(8)13;;/h1-6,13H,(H,11,12);;. The Hall–Kier alpha value is 0.380. The van der Waals surface area contributed by atoms with Gasteiger partial charge in [0.1, 0.15) is 0 Å². The fraction of sp³-hybridized carbons (Fsp3) is 0. The number of hydrogen-bond acceptors (Lipinski definition) is 3. The first-order chi connectivity index (χ1) is 7.18. The van der Waals surface area contributed by atoms with Gasteiger partial charge in [0.2, 0.25) is 0 Å². The Bertz CT molecular complexity index is 510. The molecule has 0 radical (unpaired) electrons. The summed E-state index contributed by atoms with van der Waals surface area (Å²) in [7, 11) is 0. The van der Waals surface area contributed by atoms with Crippen LogP contribution in [0.3, 0.4) is 0 Å². The second kappa shape index (κ2) is 6.35. The zero-order valence-corrected chi connectivity index (χ0v) is 10.1. The average molecular weight is 280 g/mol. The van der Waals surface area contributed by atoms with Gasteiger partial charge in [0.15, 0.2) is 11.1 Å². The fourth-order valence-electron chi connectivity index (χ4n) is 1.23. The molecule has 2 nitrogen and oxygen atoms in total. The van der Waals surface area contributed by atoms with Gasteiger partial charge in [-0.25, -0.2) is 4.21 Å². The van der Waals surface area contributed by atoms with Crippen molar-refractivity contribution >= 4 is 64.6 Å². The Morgan fingerprint density at radius 2 is 2.00 bits per heavy atom. The van der Waals surface area contributed by atoms with Gasteiger partial charge in [0.25, 0.3) is 0 Å². The van der Waals surface area contributed by atoms with Crippen LogP contribution in [0.15, 0.2) is 45.5 Å². The number of hydrogen-bond donors (Lipinski definition) is 2. The second-order valence-electron chi connectivity index (χ2n) is 2.91. The van der Waals surface area contributed by atoms with Crippen molar-refractivity contribution in [3.05, 3.63) is 35.7 Å². The van der Waals surface area contributed by atoms with Crippen LogP contribution in [0.25, 0.3) is 10.4 Å². The van der Waals surface area contributed by atoms with Crippen LogP contribution in [0.4, 0.5) is 0 Å². The predicted octanol–water partition coefficient (Wildman–Crippen LogP) is 2.64. The van der Waals surface area contributed by atoms with Crippen LogP contribution in [-0.4, -0.2) is 38.3 Å². The third-order valence-corrected chi connectivity index (χ3v) is 4.09. The first-order valence-electron chi connectivity index (χ1n) is 4.16. The van der Waals surface area contributed by atoms with Crippen LogP contribution in [0.2, 0.25) is 0 Å². The fourth-order valence-corrected chi connectivity index (χ4v) is 3.17. The summed E-state index contributed by atoms with van der Waals surface area (Å²) in [5.41, 5.74) is 0.988. The van der Waals surface area contributed by atoms with Crippen LogP contribution >= 0.6 is 24.0 Å². The molecule has 0 bridgehead atoms. The number of rotatable bonds is 2. The van der Waals surface area contributed by atoms with Crippen LogP contribution < -0.4 is 0 Å². The zero-order valence-electron chi connectivity index (χ0n) is 7.58. The van der Waals surface area contributed by atoms with E-state index in [1.54, 1.807) is 11.4 Å². The van der Waals surface area contributed by atoms with Crippen molar-refractivity contribution in [3.63, 3.8) is 0 Å². The van der Waals surface area contributed by atoms with E-state index in [1.807, 2.05) is 24.3 Å². The molecule has 1 unspecified atom stereocenters. The number of thiol groups is 1. The van der Waals surface area contributed by atoms with Gasteiger partial charge in [-0.15, -0.1) is 24.0 Å². The Balaban J connectivity index is 0.00000128. The van der Waals surface area contributed by atoms with Crippen molar-refractivity contribution in [1.29, 1.82) is 0 Å². The van der Waals surface area contributed by atoms with Gasteiger partial charge in [-0.3, -0.25) is 0 Å². The monoisotopic (exact) mass is 280 g/mol. The Morgan fingerprint density at radius 1 is 1.31 bits per heavy atom. The molecule has 0 aliphatic carbocycles. The summed E-state index contributed by atoms with van der Waals surface area (Å²) in [6.45, 7) is 0. The van der Waals surface area contributed by atoms with Gasteiger partial charge >= 0.3 is 29.6 Å². The van der Waals surface area contributed by atoms with Crippen molar-refractivity contribution < 1.29 is 8.76 Å². The molecule has 0 fully saturated rings. The van der Waals surface area contributed by atoms with E-state index in [-0.39, 0.29) is 29.6 Å². The van der Waals surface area contributed by atoms with Crippen molar-refractivity contribution in [3.8, 4) is 10.4 Å². The first-order valence-corrected chi connectivity index (χ1v) is 6.59. The molecule has 0 saturated carbocycles. The van der Waals surface area contributed by atoms with Crippen LogP contribution in [0.1, 0.15) is 0 Å². The summed E-state index contributed by atoms with van der Waals surface area (Å²) in [5, 5.41) is 1.69. The van der Waals surface area contributed by atoms with E-state index in [4.69, 9.17) is 4.55 Å². The minimum absolute atomic E-state index is 0. The molecule has 1 heterocycles. The van der Waals surface area contributed by atoms with E-state index in [0.29, 0.717) is 4.90 Å². The van der Waals surface area contributed by atoms with E-state index in [1.165, 1.54) is 11.3 Å². The molecular weight excluding hydrogens is 271 g/mol. The van der Waals surface area contributed by atoms with E-state index in [0.717, 1.165) is 15.3 Å². The molecule has 1 aromatic carbocycles. The molecule has 1 atom stereocenters. The summed E-state index contributed by atoms with van der Waals surface area (Å²) in [6, 6.07) is 9.39. The van der Waals surface area contributed by atoms with Crippen molar-refractivity contribution in [1.82, 2.24) is 0 Å². The average Bonchev–Trinajstić information content (AvgIpc) is 2.67. The van der Waals surface area contributed by atoms with E-state index >= 15 is 0 Å². The molecule has 0 aliphatic heterocycles. The maximum atomic E-state index is 10.8. The third kappa shape index (κ3) is 3.20. The van der Waals surface area contributed by atoms with Crippen molar-refractivity contribution in [2.75, 3.05) is 0 Å². The molecule has 6 heteroatoms. The summed E-state index contributed by atoms with van der Waals surface area (Å²) >= 11 is 3.88. The molecular formula is C10H9NaO2S3. The zero-order chi connectivity index (χ0) is 10.8. The topological polar surface area (TPSA) is 37.3 Å². The van der Waals surface area contributed by atoms with E-state index in [9.17, 15) is 4.21 Å². The molecule has 80 valence electrons. The van der Waals surface area contributed by atoms with Crippen LogP contribution in [0.5, 0.6) is 0 Å². The Morgan fingerprint density at radius 3 is 2.56 bits per heavy atom. The van der Waals surface area contributed by atoms with Gasteiger partial charge in [0, 0.05) is 20.7 Å². The van der Waals surface area contributed by atoms with Gasteiger partial charge in [-0.05, 0) is 12.1 Å². The van der Waals surface area contributed by atoms with Gasteiger partial charge in [0.05, 0.1) is 4.90 Å². The maximum absolute atomic E-state index is 10.8. The quantitative estimate of drug-likeness (QED) is 0.504. The summed E-state index contributed by atoms with van der Waals surface area (Å²) in [4.78, 5) is 2.26. The first kappa shape index (κ1) is 14.4. The summed E-state index contributed by atoms with van der Waals surface area (Å²) in [5.74, 6) is 0. The molecule has 16 heavy (non-hydrogen) atoms. The molecule has 1 N–H and O–H groups in total. The SMILES string of the molecule is O=S(O)c1csc(-c2ccccc2S)c1.[NaH]. The molecule has 0 spiro atoms. The normalized spacial score (nSPS) is 11.9. The van der Waals surface area contributed by atoms with Gasteiger partial charge < -0.3 is 4.55 Å². The van der Waals surface area contributed by atoms with Gasteiger partial charge in [-0.1, -0.05) is 18.2 Å². The van der Waals surface area contributed by atoms with Gasteiger partial charge in [-0.2, -0.15) is 0 Å². The predicted molar refractivity (Wildman–Crippen MR) is 73.2 cm³/mol. The molecule has 2 rings (SSSR count). The molecule has 1 aromatic heterocycles.